The van der Waals surface area contributed by atoms with Gasteiger partial charge >= 0.3 is 0 Å². The van der Waals surface area contributed by atoms with Crippen LogP contribution in [0.15, 0.2) is 48.5 Å². The molecule has 0 bridgehead atoms. The summed E-state index contributed by atoms with van der Waals surface area (Å²) in [6.07, 6.45) is 0. The summed E-state index contributed by atoms with van der Waals surface area (Å²) in [5, 5.41) is 0. The molecule has 0 aliphatic heterocycles. The van der Waals surface area contributed by atoms with Crippen LogP contribution in [0.25, 0.3) is 0 Å². The highest BCUT2D eigenvalue weighted by atomic mass is 16.5. The molecule has 0 atom stereocenters. The Morgan fingerprint density at radius 1 is 0.941 bits per heavy atom. The molecule has 0 fully saturated rings. The van der Waals surface area contributed by atoms with Gasteiger partial charge in [0.25, 0.3) is 0 Å². The standard InChI is InChI=1S/C15H17NO/c1-11(2)12-7-9-13(10-8-12)17-15-6-4-3-5-14(15)16/h3-11H,16H2,1-2H3. The van der Waals surface area contributed by atoms with Crippen molar-refractivity contribution in [2.24, 2.45) is 0 Å². The van der Waals surface area contributed by atoms with Crippen molar-refractivity contribution >= 4 is 5.69 Å². The highest BCUT2D eigenvalue weighted by molar-refractivity contribution is 5.53. The molecule has 0 aliphatic rings. The minimum absolute atomic E-state index is 0.533. The molecule has 0 radical (unpaired) electrons. The van der Waals surface area contributed by atoms with Crippen LogP contribution in [-0.4, -0.2) is 0 Å². The summed E-state index contributed by atoms with van der Waals surface area (Å²) >= 11 is 0. The summed E-state index contributed by atoms with van der Waals surface area (Å²) < 4.78 is 5.72. The second-order valence-corrected chi connectivity index (χ2v) is 4.36. The Kier molecular flexibility index (Phi) is 3.33. The van der Waals surface area contributed by atoms with Crippen molar-refractivity contribution in [1.29, 1.82) is 0 Å². The predicted molar refractivity (Wildman–Crippen MR) is 71.5 cm³/mol. The average Bonchev–Trinajstić information content (AvgIpc) is 2.33. The summed E-state index contributed by atoms with van der Waals surface area (Å²) in [5.41, 5.74) is 7.78. The lowest BCUT2D eigenvalue weighted by molar-refractivity contribution is 0.485. The lowest BCUT2D eigenvalue weighted by Crippen LogP contribution is -1.92. The van der Waals surface area contributed by atoms with Crippen LogP contribution in [0.5, 0.6) is 11.5 Å². The highest BCUT2D eigenvalue weighted by Crippen LogP contribution is 2.27. The van der Waals surface area contributed by atoms with E-state index in [9.17, 15) is 0 Å². The van der Waals surface area contributed by atoms with E-state index < -0.39 is 0 Å². The van der Waals surface area contributed by atoms with E-state index in [1.54, 1.807) is 0 Å². The van der Waals surface area contributed by atoms with Crippen molar-refractivity contribution in [1.82, 2.24) is 0 Å². The van der Waals surface area contributed by atoms with Crippen molar-refractivity contribution in [3.8, 4) is 11.5 Å². The van der Waals surface area contributed by atoms with Gasteiger partial charge in [0.15, 0.2) is 0 Å². The second-order valence-electron chi connectivity index (χ2n) is 4.36. The molecule has 0 saturated carbocycles. The van der Waals surface area contributed by atoms with Crippen molar-refractivity contribution in [3.05, 3.63) is 54.1 Å². The van der Waals surface area contributed by atoms with E-state index in [1.165, 1.54) is 5.56 Å². The molecule has 2 rings (SSSR count). The van der Waals surface area contributed by atoms with E-state index in [0.29, 0.717) is 17.4 Å². The van der Waals surface area contributed by atoms with Crippen LogP contribution in [0, 0.1) is 0 Å². The zero-order valence-electron chi connectivity index (χ0n) is 10.2. The van der Waals surface area contributed by atoms with Gasteiger partial charge in [-0.2, -0.15) is 0 Å². The quantitative estimate of drug-likeness (QED) is 0.798. The summed E-state index contributed by atoms with van der Waals surface area (Å²) in [6.45, 7) is 4.34. The van der Waals surface area contributed by atoms with Crippen LogP contribution < -0.4 is 10.5 Å². The third-order valence-electron chi connectivity index (χ3n) is 2.69. The van der Waals surface area contributed by atoms with E-state index >= 15 is 0 Å². The smallest absolute Gasteiger partial charge is 0.150 e. The Balaban J connectivity index is 2.17. The SMILES string of the molecule is CC(C)c1ccc(Oc2ccccc2N)cc1. The fraction of sp³-hybridized carbons (Fsp3) is 0.200. The van der Waals surface area contributed by atoms with Crippen molar-refractivity contribution < 1.29 is 4.74 Å². The normalized spacial score (nSPS) is 10.5. The number of benzene rings is 2. The van der Waals surface area contributed by atoms with E-state index in [0.717, 1.165) is 5.75 Å². The van der Waals surface area contributed by atoms with E-state index in [4.69, 9.17) is 10.5 Å². The zero-order chi connectivity index (χ0) is 12.3. The van der Waals surface area contributed by atoms with Gasteiger partial charge in [-0.15, -0.1) is 0 Å². The molecule has 2 nitrogen and oxygen atoms in total. The molecule has 2 aromatic carbocycles. The average molecular weight is 227 g/mol. The van der Waals surface area contributed by atoms with Crippen molar-refractivity contribution in [3.63, 3.8) is 0 Å². The molecule has 0 heterocycles. The van der Waals surface area contributed by atoms with Gasteiger partial charge in [0.2, 0.25) is 0 Å². The molecule has 88 valence electrons. The van der Waals surface area contributed by atoms with Crippen molar-refractivity contribution in [2.75, 3.05) is 5.73 Å². The molecule has 2 N–H and O–H groups in total. The number of para-hydroxylation sites is 2. The number of hydrogen-bond acceptors (Lipinski definition) is 2. The van der Waals surface area contributed by atoms with E-state index in [1.807, 2.05) is 36.4 Å². The number of anilines is 1. The summed E-state index contributed by atoms with van der Waals surface area (Å²) in [6, 6.07) is 15.6. The fourth-order valence-electron chi connectivity index (χ4n) is 1.62. The number of hydrogen-bond donors (Lipinski definition) is 1. The third-order valence-corrected chi connectivity index (χ3v) is 2.69. The molecule has 2 aromatic rings. The molecule has 0 saturated heterocycles. The lowest BCUT2D eigenvalue weighted by Gasteiger charge is -2.10. The monoisotopic (exact) mass is 227 g/mol. The zero-order valence-corrected chi connectivity index (χ0v) is 10.2. The van der Waals surface area contributed by atoms with Gasteiger partial charge in [-0.25, -0.2) is 0 Å². The molecule has 0 aliphatic carbocycles. The summed E-state index contributed by atoms with van der Waals surface area (Å²) in [4.78, 5) is 0. The Labute approximate surface area is 102 Å². The molecular formula is C15H17NO. The largest absolute Gasteiger partial charge is 0.455 e. The number of rotatable bonds is 3. The Morgan fingerprint density at radius 2 is 1.59 bits per heavy atom. The van der Waals surface area contributed by atoms with Gasteiger partial charge < -0.3 is 10.5 Å². The Bertz CT molecular complexity index is 489. The molecule has 0 unspecified atom stereocenters. The predicted octanol–water partition coefficient (Wildman–Crippen LogP) is 4.18. The summed E-state index contributed by atoms with van der Waals surface area (Å²) in [7, 11) is 0. The molecule has 17 heavy (non-hydrogen) atoms. The third kappa shape index (κ3) is 2.78. The first-order valence-electron chi connectivity index (χ1n) is 5.79. The molecule has 0 spiro atoms. The number of nitrogen functional groups attached to an aromatic ring is 1. The molecule has 0 aromatic heterocycles. The van der Waals surface area contributed by atoms with Crippen LogP contribution in [0.2, 0.25) is 0 Å². The van der Waals surface area contributed by atoms with Gasteiger partial charge in [-0.3, -0.25) is 0 Å². The maximum atomic E-state index is 5.82. The lowest BCUT2D eigenvalue weighted by atomic mass is 10.0. The highest BCUT2D eigenvalue weighted by Gasteiger charge is 2.02. The topological polar surface area (TPSA) is 35.2 Å². The fourth-order valence-corrected chi connectivity index (χ4v) is 1.62. The van der Waals surface area contributed by atoms with Gasteiger partial charge in [0.1, 0.15) is 11.5 Å². The first kappa shape index (κ1) is 11.5. The minimum Gasteiger partial charge on any atom is -0.455 e. The van der Waals surface area contributed by atoms with Crippen LogP contribution in [0.1, 0.15) is 25.3 Å². The van der Waals surface area contributed by atoms with Crippen LogP contribution in [-0.2, 0) is 0 Å². The van der Waals surface area contributed by atoms with E-state index in [2.05, 4.69) is 26.0 Å². The Hall–Kier alpha value is -1.96. The van der Waals surface area contributed by atoms with Gasteiger partial charge in [0, 0.05) is 0 Å². The van der Waals surface area contributed by atoms with Crippen molar-refractivity contribution in [2.45, 2.75) is 19.8 Å². The van der Waals surface area contributed by atoms with Crippen LogP contribution in [0.3, 0.4) is 0 Å². The van der Waals surface area contributed by atoms with Crippen LogP contribution in [0.4, 0.5) is 5.69 Å². The maximum absolute atomic E-state index is 5.82. The number of ether oxygens (including phenoxy) is 1. The number of nitrogens with two attached hydrogens (primary N) is 1. The molecule has 0 amide bonds. The van der Waals surface area contributed by atoms with Gasteiger partial charge in [-0.05, 0) is 35.7 Å². The first-order valence-corrected chi connectivity index (χ1v) is 5.79. The second kappa shape index (κ2) is 4.91. The maximum Gasteiger partial charge on any atom is 0.150 e. The van der Waals surface area contributed by atoms with Gasteiger partial charge in [0.05, 0.1) is 5.69 Å². The molecular weight excluding hydrogens is 210 g/mol. The van der Waals surface area contributed by atoms with E-state index in [-0.39, 0.29) is 0 Å². The van der Waals surface area contributed by atoms with Gasteiger partial charge in [-0.1, -0.05) is 38.1 Å². The van der Waals surface area contributed by atoms with Crippen LogP contribution >= 0.6 is 0 Å². The minimum atomic E-state index is 0.533. The Morgan fingerprint density at radius 3 is 2.18 bits per heavy atom. The first-order chi connectivity index (χ1) is 8.16. The molecule has 2 heteroatoms. The summed E-state index contributed by atoms with van der Waals surface area (Å²) in [5.74, 6) is 2.04.